The van der Waals surface area contributed by atoms with Crippen molar-refractivity contribution in [2.45, 2.75) is 0 Å². The number of carbonyl (C=O) groups is 3. The fraction of sp³-hybridized carbons (Fsp3) is 0.0870. The van der Waals surface area contributed by atoms with Crippen molar-refractivity contribution in [1.82, 2.24) is 4.90 Å². The van der Waals surface area contributed by atoms with Crippen molar-refractivity contribution >= 4 is 51.0 Å². The first kappa shape index (κ1) is 23.8. The number of anilines is 3. The Morgan fingerprint density at radius 1 is 0.879 bits per heavy atom. The smallest absolute Gasteiger partial charge is 0.346 e. The second-order valence-electron chi connectivity index (χ2n) is 6.83. The normalized spacial score (nSPS) is 10.3. The van der Waals surface area contributed by atoms with E-state index >= 15 is 0 Å². The van der Waals surface area contributed by atoms with E-state index in [1.54, 1.807) is 48.5 Å². The van der Waals surface area contributed by atoms with Gasteiger partial charge in [0.05, 0.1) is 24.0 Å². The molecule has 3 aromatic rings. The van der Waals surface area contributed by atoms with E-state index in [9.17, 15) is 19.5 Å². The molecule has 0 unspecified atom stereocenters. The Labute approximate surface area is 198 Å². The minimum atomic E-state index is -1.09. The van der Waals surface area contributed by atoms with Crippen LogP contribution in [-0.2, 0) is 0 Å². The fourth-order valence-electron chi connectivity index (χ4n) is 3.04. The summed E-state index contributed by atoms with van der Waals surface area (Å²) in [5.41, 5.74) is 1.18. The number of urea groups is 2. The number of hydrazine groups is 1. The number of nitrogens with two attached hydrogens (primary N) is 1. The molecule has 0 radical (unpaired) electrons. The SMILES string of the molecule is COc1ccccc1N(N)C(=O)N(C)C(=O)N(c1ccc(Br)cc1)c1ccc(C(=O)O)cc1. The van der Waals surface area contributed by atoms with Crippen molar-refractivity contribution in [1.29, 1.82) is 0 Å². The molecule has 3 aromatic carbocycles. The number of carboxylic acid groups (broad SMARTS) is 1. The number of carboxylic acids is 1. The molecule has 0 saturated carbocycles. The van der Waals surface area contributed by atoms with Crippen LogP contribution in [0.5, 0.6) is 5.75 Å². The van der Waals surface area contributed by atoms with Crippen LogP contribution < -0.4 is 20.5 Å². The minimum absolute atomic E-state index is 0.0655. The third-order valence-electron chi connectivity index (χ3n) is 4.77. The first-order valence-corrected chi connectivity index (χ1v) is 10.4. The largest absolute Gasteiger partial charge is 0.495 e. The number of rotatable bonds is 5. The van der Waals surface area contributed by atoms with Crippen LogP contribution in [0.15, 0.2) is 77.3 Å². The Kier molecular flexibility index (Phi) is 7.31. The molecule has 0 bridgehead atoms. The summed E-state index contributed by atoms with van der Waals surface area (Å²) < 4.78 is 6.04. The van der Waals surface area contributed by atoms with Gasteiger partial charge in [0, 0.05) is 11.5 Å². The van der Waals surface area contributed by atoms with E-state index in [0.29, 0.717) is 17.1 Å². The number of carbonyl (C=O) groups excluding carboxylic acids is 2. The molecule has 0 aliphatic carbocycles. The molecule has 0 aliphatic rings. The van der Waals surface area contributed by atoms with Gasteiger partial charge in [0.1, 0.15) is 11.4 Å². The molecule has 33 heavy (non-hydrogen) atoms. The number of methoxy groups -OCH3 is 1. The van der Waals surface area contributed by atoms with E-state index < -0.39 is 18.0 Å². The molecule has 10 heteroatoms. The second kappa shape index (κ2) is 10.2. The van der Waals surface area contributed by atoms with Crippen molar-refractivity contribution in [3.63, 3.8) is 0 Å². The lowest BCUT2D eigenvalue weighted by atomic mass is 10.2. The average Bonchev–Trinajstić information content (AvgIpc) is 2.84. The maximum Gasteiger partial charge on any atom is 0.346 e. The van der Waals surface area contributed by atoms with Gasteiger partial charge in [-0.3, -0.25) is 4.90 Å². The maximum absolute atomic E-state index is 13.5. The summed E-state index contributed by atoms with van der Waals surface area (Å²) in [5, 5.41) is 10.00. The number of nitrogens with zero attached hydrogens (tertiary/aromatic N) is 3. The van der Waals surface area contributed by atoms with Crippen molar-refractivity contribution in [3.05, 3.63) is 82.8 Å². The lowest BCUT2D eigenvalue weighted by molar-refractivity contribution is 0.0697. The molecule has 0 aromatic heterocycles. The number of aromatic carboxylic acids is 1. The van der Waals surface area contributed by atoms with Crippen LogP contribution >= 0.6 is 15.9 Å². The monoisotopic (exact) mass is 512 g/mol. The van der Waals surface area contributed by atoms with Crippen LogP contribution in [0.1, 0.15) is 10.4 Å². The van der Waals surface area contributed by atoms with Gasteiger partial charge in [0.15, 0.2) is 0 Å². The van der Waals surface area contributed by atoms with Gasteiger partial charge in [0.25, 0.3) is 0 Å². The minimum Gasteiger partial charge on any atom is -0.495 e. The van der Waals surface area contributed by atoms with Crippen molar-refractivity contribution in [2.75, 3.05) is 24.1 Å². The van der Waals surface area contributed by atoms with Gasteiger partial charge in [0.2, 0.25) is 0 Å². The van der Waals surface area contributed by atoms with E-state index in [1.165, 1.54) is 43.3 Å². The topological polar surface area (TPSA) is 116 Å². The number of halogens is 1. The van der Waals surface area contributed by atoms with E-state index in [4.69, 9.17) is 10.6 Å². The highest BCUT2D eigenvalue weighted by Crippen LogP contribution is 2.30. The molecule has 170 valence electrons. The molecule has 3 rings (SSSR count). The van der Waals surface area contributed by atoms with E-state index in [-0.39, 0.29) is 11.3 Å². The molecular formula is C23H21BrN4O5. The molecule has 0 fully saturated rings. The zero-order valence-electron chi connectivity index (χ0n) is 17.8. The lowest BCUT2D eigenvalue weighted by Gasteiger charge is -2.30. The second-order valence-corrected chi connectivity index (χ2v) is 7.75. The van der Waals surface area contributed by atoms with Crippen LogP contribution in [-0.4, -0.2) is 42.2 Å². The lowest BCUT2D eigenvalue weighted by Crippen LogP contribution is -2.51. The third-order valence-corrected chi connectivity index (χ3v) is 5.30. The molecule has 0 aliphatic heterocycles. The first-order chi connectivity index (χ1) is 15.7. The molecule has 0 heterocycles. The van der Waals surface area contributed by atoms with Crippen molar-refractivity contribution in [2.24, 2.45) is 5.84 Å². The highest BCUT2D eigenvalue weighted by atomic mass is 79.9. The van der Waals surface area contributed by atoms with E-state index in [0.717, 1.165) is 14.4 Å². The summed E-state index contributed by atoms with van der Waals surface area (Å²) in [4.78, 5) is 39.9. The Bertz CT molecular complexity index is 1170. The predicted molar refractivity (Wildman–Crippen MR) is 128 cm³/mol. The maximum atomic E-state index is 13.5. The zero-order valence-corrected chi connectivity index (χ0v) is 19.4. The zero-order chi connectivity index (χ0) is 24.1. The Balaban J connectivity index is 1.97. The van der Waals surface area contributed by atoms with Crippen LogP contribution in [0.3, 0.4) is 0 Å². The first-order valence-electron chi connectivity index (χ1n) is 9.63. The standard InChI is InChI=1S/C23H21BrN4O5/c1-26(23(32)28(25)19-5-3-4-6-20(19)33-2)22(31)27(18-13-9-16(24)10-14-18)17-11-7-15(8-12-17)21(29)30/h3-14H,25H2,1-2H3,(H,29,30). The average molecular weight is 513 g/mol. The summed E-state index contributed by atoms with van der Waals surface area (Å²) in [6.45, 7) is 0. The van der Waals surface area contributed by atoms with E-state index in [1.807, 2.05) is 0 Å². The Hall–Kier alpha value is -3.89. The van der Waals surface area contributed by atoms with Crippen LogP contribution in [0, 0.1) is 0 Å². The summed E-state index contributed by atoms with van der Waals surface area (Å²) in [6, 6.07) is 17.7. The van der Waals surface area contributed by atoms with Crippen LogP contribution in [0.25, 0.3) is 0 Å². The van der Waals surface area contributed by atoms with Gasteiger partial charge in [-0.15, -0.1) is 0 Å². The molecule has 3 N–H and O–H groups in total. The summed E-state index contributed by atoms with van der Waals surface area (Å²) in [5.74, 6) is 5.30. The highest BCUT2D eigenvalue weighted by molar-refractivity contribution is 9.10. The third kappa shape index (κ3) is 5.13. The van der Waals surface area contributed by atoms with Crippen LogP contribution in [0.4, 0.5) is 26.7 Å². The fourth-order valence-corrected chi connectivity index (χ4v) is 3.30. The molecule has 0 spiro atoms. The highest BCUT2D eigenvalue weighted by Gasteiger charge is 2.29. The molecule has 9 nitrogen and oxygen atoms in total. The summed E-state index contributed by atoms with van der Waals surface area (Å²) in [6.07, 6.45) is 0. The molecule has 4 amide bonds. The molecule has 0 atom stereocenters. The van der Waals surface area contributed by atoms with Crippen molar-refractivity contribution < 1.29 is 24.2 Å². The summed E-state index contributed by atoms with van der Waals surface area (Å²) >= 11 is 3.36. The van der Waals surface area contributed by atoms with Gasteiger partial charge >= 0.3 is 18.0 Å². The number of hydrogen-bond acceptors (Lipinski definition) is 5. The van der Waals surface area contributed by atoms with Crippen LogP contribution in [0.2, 0.25) is 0 Å². The van der Waals surface area contributed by atoms with Crippen molar-refractivity contribution in [3.8, 4) is 5.75 Å². The van der Waals surface area contributed by atoms with E-state index in [2.05, 4.69) is 15.9 Å². The van der Waals surface area contributed by atoms with Gasteiger partial charge in [-0.2, -0.15) is 0 Å². The quantitative estimate of drug-likeness (QED) is 0.286. The number of amides is 4. The number of ether oxygens (including phenoxy) is 1. The Morgan fingerprint density at radius 2 is 1.42 bits per heavy atom. The Morgan fingerprint density at radius 3 is 1.97 bits per heavy atom. The number of hydrogen-bond donors (Lipinski definition) is 2. The molecule has 0 saturated heterocycles. The van der Waals surface area contributed by atoms with Gasteiger partial charge in [-0.1, -0.05) is 28.1 Å². The summed E-state index contributed by atoms with van der Waals surface area (Å²) in [7, 11) is 2.75. The van der Waals surface area contributed by atoms with Gasteiger partial charge < -0.3 is 9.84 Å². The predicted octanol–water partition coefficient (Wildman–Crippen LogP) is 4.85. The number of imide groups is 1. The molecular weight excluding hydrogens is 492 g/mol. The number of benzene rings is 3. The van der Waals surface area contributed by atoms with Gasteiger partial charge in [-0.05, 0) is 60.7 Å². The van der Waals surface area contributed by atoms with Gasteiger partial charge in [-0.25, -0.2) is 30.1 Å². The number of para-hydroxylation sites is 2.